The second kappa shape index (κ2) is 9.49. The largest absolute Gasteiger partial charge is 0.370 e. The number of rotatable bonds is 6. The lowest BCUT2D eigenvalue weighted by Crippen LogP contribution is -3.14. The molecule has 0 aromatic heterocycles. The summed E-state index contributed by atoms with van der Waals surface area (Å²) in [6, 6.07) is 8.52. The number of fused-ring (bicyclic) bond motifs is 1. The van der Waals surface area contributed by atoms with Crippen LogP contribution in [0.3, 0.4) is 0 Å². The molecule has 1 saturated heterocycles. The fraction of sp³-hybridized carbons (Fsp3) is 0.524. The van der Waals surface area contributed by atoms with Crippen LogP contribution < -0.4 is 20.5 Å². The van der Waals surface area contributed by atoms with Crippen molar-refractivity contribution >= 4 is 29.2 Å². The highest BCUT2D eigenvalue weighted by Crippen LogP contribution is 2.46. The lowest BCUT2D eigenvalue weighted by molar-refractivity contribution is -0.908. The van der Waals surface area contributed by atoms with Crippen LogP contribution in [0.25, 0.3) is 0 Å². The maximum atomic E-state index is 5.38. The fourth-order valence-corrected chi connectivity index (χ4v) is 4.15. The van der Waals surface area contributed by atoms with Gasteiger partial charge in [-0.3, -0.25) is 5.43 Å². The first kappa shape index (κ1) is 20.8. The highest BCUT2D eigenvalue weighted by atomic mass is 32.1. The Morgan fingerprint density at radius 1 is 1.32 bits per heavy atom. The van der Waals surface area contributed by atoms with Crippen molar-refractivity contribution in [3.63, 3.8) is 0 Å². The maximum Gasteiger partial charge on any atom is 0.186 e. The molecule has 0 amide bonds. The smallest absolute Gasteiger partial charge is 0.186 e. The Kier molecular flexibility index (Phi) is 7.04. The third-order valence-corrected chi connectivity index (χ3v) is 5.84. The molecule has 2 aliphatic rings. The summed E-state index contributed by atoms with van der Waals surface area (Å²) in [5, 5.41) is 8.05. The zero-order chi connectivity index (χ0) is 20.0. The van der Waals surface area contributed by atoms with Crippen LogP contribution in [0.5, 0.6) is 0 Å². The molecule has 1 aromatic carbocycles. The third-order valence-electron chi connectivity index (χ3n) is 5.61. The normalized spacial score (nSPS) is 20.5. The zero-order valence-corrected chi connectivity index (χ0v) is 17.9. The molecule has 3 N–H and O–H groups in total. The summed E-state index contributed by atoms with van der Waals surface area (Å²) >= 11 is 5.30. The van der Waals surface area contributed by atoms with Gasteiger partial charge in [0.2, 0.25) is 0 Å². The number of nitrogens with one attached hydrogen (secondary N) is 3. The molecule has 7 heteroatoms. The molecule has 0 radical (unpaired) electrons. The van der Waals surface area contributed by atoms with Crippen molar-refractivity contribution in [2.24, 2.45) is 5.10 Å². The van der Waals surface area contributed by atoms with Crippen molar-refractivity contribution in [1.29, 1.82) is 0 Å². The molecular weight excluding hydrogens is 370 g/mol. The Bertz CT molecular complexity index is 740. The molecule has 2 aliphatic heterocycles. The summed E-state index contributed by atoms with van der Waals surface area (Å²) in [6.45, 7) is 10.5. The van der Waals surface area contributed by atoms with Crippen LogP contribution >= 0.6 is 12.2 Å². The first-order chi connectivity index (χ1) is 13.5. The number of quaternary nitrogens is 1. The standard InChI is InChI=1S/C21H31N5OS/c1-21(2)17-7-4-5-8-18(17)25(3)19(21)9-11-23-24-20(28)22-10-6-12-26-13-15-27-16-14-26/h4-5,7-9,11H,6,10,12-16H2,1-3H3,(H2,22,24,28)/p+1/b19-9-,23-11-. The van der Waals surface area contributed by atoms with E-state index in [1.807, 2.05) is 0 Å². The number of likely N-dealkylation sites (N-methyl/N-ethyl adjacent to an activating group) is 1. The van der Waals surface area contributed by atoms with Crippen molar-refractivity contribution in [2.45, 2.75) is 25.7 Å². The van der Waals surface area contributed by atoms with E-state index >= 15 is 0 Å². The van der Waals surface area contributed by atoms with Gasteiger partial charge in [-0.15, -0.1) is 0 Å². The molecule has 0 saturated carbocycles. The van der Waals surface area contributed by atoms with E-state index in [1.165, 1.54) is 16.9 Å². The van der Waals surface area contributed by atoms with Gasteiger partial charge in [0.25, 0.3) is 0 Å². The van der Waals surface area contributed by atoms with Crippen LogP contribution in [0, 0.1) is 0 Å². The molecule has 1 aromatic rings. The summed E-state index contributed by atoms with van der Waals surface area (Å²) in [5.74, 6) is 0. The summed E-state index contributed by atoms with van der Waals surface area (Å²) in [5.41, 5.74) is 6.67. The maximum absolute atomic E-state index is 5.38. The average Bonchev–Trinajstić information content (AvgIpc) is 2.90. The number of anilines is 1. The van der Waals surface area contributed by atoms with E-state index in [4.69, 9.17) is 17.0 Å². The second-order valence-corrected chi connectivity index (χ2v) is 8.27. The van der Waals surface area contributed by atoms with Gasteiger partial charge in [0.15, 0.2) is 5.11 Å². The Morgan fingerprint density at radius 2 is 2.07 bits per heavy atom. The number of morpholine rings is 1. The first-order valence-corrected chi connectivity index (χ1v) is 10.4. The number of hydrazone groups is 1. The van der Waals surface area contributed by atoms with E-state index in [2.05, 4.69) is 72.0 Å². The number of benzene rings is 1. The van der Waals surface area contributed by atoms with E-state index in [-0.39, 0.29) is 5.41 Å². The van der Waals surface area contributed by atoms with Crippen molar-refractivity contribution in [3.8, 4) is 0 Å². The van der Waals surface area contributed by atoms with Gasteiger partial charge >= 0.3 is 0 Å². The highest BCUT2D eigenvalue weighted by molar-refractivity contribution is 7.80. The Morgan fingerprint density at radius 3 is 2.82 bits per heavy atom. The van der Waals surface area contributed by atoms with E-state index < -0.39 is 0 Å². The molecule has 6 nitrogen and oxygen atoms in total. The predicted octanol–water partition coefficient (Wildman–Crippen LogP) is 1.05. The molecule has 2 heterocycles. The third kappa shape index (κ3) is 4.90. The molecule has 0 aliphatic carbocycles. The Labute approximate surface area is 173 Å². The predicted molar refractivity (Wildman–Crippen MR) is 119 cm³/mol. The quantitative estimate of drug-likeness (QED) is 0.287. The minimum atomic E-state index is -0.0437. The molecule has 152 valence electrons. The van der Waals surface area contributed by atoms with Crippen molar-refractivity contribution in [2.75, 3.05) is 51.3 Å². The summed E-state index contributed by atoms with van der Waals surface area (Å²) in [6.07, 6.45) is 4.92. The molecule has 0 unspecified atom stereocenters. The van der Waals surface area contributed by atoms with Crippen LogP contribution in [-0.4, -0.2) is 57.8 Å². The van der Waals surface area contributed by atoms with Crippen LogP contribution in [0.4, 0.5) is 5.69 Å². The molecule has 0 atom stereocenters. The van der Waals surface area contributed by atoms with E-state index in [9.17, 15) is 0 Å². The number of hydrogen-bond acceptors (Lipinski definition) is 4. The zero-order valence-electron chi connectivity index (χ0n) is 17.1. The van der Waals surface area contributed by atoms with Gasteiger partial charge in [-0.05, 0) is 29.9 Å². The average molecular weight is 403 g/mol. The summed E-state index contributed by atoms with van der Waals surface area (Å²) in [7, 11) is 2.10. The number of nitrogens with zero attached hydrogens (tertiary/aromatic N) is 2. The Balaban J connectivity index is 1.42. The minimum absolute atomic E-state index is 0.0437. The fourth-order valence-electron chi connectivity index (χ4n) is 4.00. The summed E-state index contributed by atoms with van der Waals surface area (Å²) in [4.78, 5) is 3.84. The number of thiocarbonyl (C=S) groups is 1. The highest BCUT2D eigenvalue weighted by Gasteiger charge is 2.37. The molecule has 0 bridgehead atoms. The van der Waals surface area contributed by atoms with E-state index in [1.54, 1.807) is 11.1 Å². The van der Waals surface area contributed by atoms with Crippen LogP contribution in [0.15, 0.2) is 41.1 Å². The van der Waals surface area contributed by atoms with Crippen molar-refractivity contribution < 1.29 is 9.64 Å². The Hall–Kier alpha value is -1.96. The topological polar surface area (TPSA) is 53.3 Å². The molecule has 1 fully saturated rings. The van der Waals surface area contributed by atoms with Crippen molar-refractivity contribution in [3.05, 3.63) is 41.6 Å². The number of ether oxygens (including phenoxy) is 1. The molecular formula is C21H32N5OS+. The van der Waals surface area contributed by atoms with Crippen LogP contribution in [0.1, 0.15) is 25.8 Å². The van der Waals surface area contributed by atoms with Gasteiger partial charge in [-0.1, -0.05) is 32.0 Å². The van der Waals surface area contributed by atoms with Crippen LogP contribution in [-0.2, 0) is 10.2 Å². The van der Waals surface area contributed by atoms with Gasteiger partial charge in [0, 0.05) is 43.0 Å². The second-order valence-electron chi connectivity index (χ2n) is 7.86. The molecule has 28 heavy (non-hydrogen) atoms. The van der Waals surface area contributed by atoms with Gasteiger partial charge in [-0.25, -0.2) is 0 Å². The lowest BCUT2D eigenvalue weighted by Gasteiger charge is -2.23. The SMILES string of the molecule is CN1/C(=C\C=N/NC(=S)NCCC[NH+]2CCOCC2)C(C)(C)c2ccccc21. The monoisotopic (exact) mass is 402 g/mol. The van der Waals surface area contributed by atoms with Crippen LogP contribution in [0.2, 0.25) is 0 Å². The number of para-hydroxylation sites is 1. The molecule has 3 rings (SSSR count). The number of allylic oxidation sites excluding steroid dienone is 2. The lowest BCUT2D eigenvalue weighted by atomic mass is 9.84. The van der Waals surface area contributed by atoms with E-state index in [0.717, 1.165) is 45.8 Å². The van der Waals surface area contributed by atoms with Gasteiger partial charge in [0.05, 0.1) is 19.8 Å². The summed E-state index contributed by atoms with van der Waals surface area (Å²) < 4.78 is 5.38. The van der Waals surface area contributed by atoms with Crippen molar-refractivity contribution in [1.82, 2.24) is 10.7 Å². The van der Waals surface area contributed by atoms with Gasteiger partial charge in [0.1, 0.15) is 13.1 Å². The number of hydrogen-bond donors (Lipinski definition) is 3. The van der Waals surface area contributed by atoms with Gasteiger partial charge in [-0.2, -0.15) is 5.10 Å². The first-order valence-electron chi connectivity index (χ1n) is 10.0. The molecule has 0 spiro atoms. The van der Waals surface area contributed by atoms with Gasteiger partial charge < -0.3 is 19.9 Å². The minimum Gasteiger partial charge on any atom is -0.370 e. The van der Waals surface area contributed by atoms with E-state index in [0.29, 0.717) is 5.11 Å².